The summed E-state index contributed by atoms with van der Waals surface area (Å²) in [5.74, 6) is 2.58. The van der Waals surface area contributed by atoms with Gasteiger partial charge >= 0.3 is 0 Å². The smallest absolute Gasteiger partial charge is 0.235 e. The standard InChI is InChI=1S/C22H25NO8/c1-26-17-11-14(12-18(27-2)21(17)30-5)7-8-16-15(9-10-23(24)25)13-19(28-3)22(31-6)20(16)29-4/h7-13H,1-6H3/b8-7+,10-9+. The maximum absolute atomic E-state index is 10.9. The average Bonchev–Trinajstić information content (AvgIpc) is 2.79. The van der Waals surface area contributed by atoms with Crippen LogP contribution in [0, 0.1) is 10.1 Å². The minimum atomic E-state index is -0.546. The molecule has 2 rings (SSSR count). The summed E-state index contributed by atoms with van der Waals surface area (Å²) in [4.78, 5) is 10.3. The third kappa shape index (κ3) is 5.19. The Morgan fingerprint density at radius 2 is 1.19 bits per heavy atom. The molecule has 0 heterocycles. The first-order chi connectivity index (χ1) is 14.9. The number of nitro groups is 1. The second-order valence-electron chi connectivity index (χ2n) is 6.04. The van der Waals surface area contributed by atoms with Gasteiger partial charge in [0.1, 0.15) is 0 Å². The zero-order chi connectivity index (χ0) is 23.0. The Balaban J connectivity index is 2.69. The molecule has 0 bridgehead atoms. The zero-order valence-corrected chi connectivity index (χ0v) is 18.3. The maximum Gasteiger partial charge on any atom is 0.235 e. The molecule has 166 valence electrons. The summed E-state index contributed by atoms with van der Waals surface area (Å²) in [6.07, 6.45) is 5.75. The summed E-state index contributed by atoms with van der Waals surface area (Å²) in [5, 5.41) is 10.9. The molecule has 0 amide bonds. The lowest BCUT2D eigenvalue weighted by atomic mass is 10.0. The number of hydrogen-bond acceptors (Lipinski definition) is 8. The maximum atomic E-state index is 10.9. The molecule has 2 aromatic rings. The molecule has 0 N–H and O–H groups in total. The first-order valence-corrected chi connectivity index (χ1v) is 9.06. The number of methoxy groups -OCH3 is 6. The molecule has 0 spiro atoms. The molecular formula is C22H25NO8. The van der Waals surface area contributed by atoms with Crippen LogP contribution in [-0.4, -0.2) is 47.6 Å². The summed E-state index contributed by atoms with van der Waals surface area (Å²) in [7, 11) is 9.03. The van der Waals surface area contributed by atoms with Gasteiger partial charge < -0.3 is 28.4 Å². The van der Waals surface area contributed by atoms with Gasteiger partial charge in [0, 0.05) is 11.6 Å². The van der Waals surface area contributed by atoms with E-state index in [0.29, 0.717) is 45.6 Å². The molecule has 0 aliphatic heterocycles. The van der Waals surface area contributed by atoms with Crippen molar-refractivity contribution in [1.82, 2.24) is 0 Å². The van der Waals surface area contributed by atoms with Gasteiger partial charge in [0.2, 0.25) is 17.7 Å². The third-order valence-corrected chi connectivity index (χ3v) is 4.41. The lowest BCUT2D eigenvalue weighted by Crippen LogP contribution is -1.99. The largest absolute Gasteiger partial charge is 0.493 e. The molecule has 0 radical (unpaired) electrons. The topological polar surface area (TPSA) is 98.5 Å². The van der Waals surface area contributed by atoms with Gasteiger partial charge in [-0.2, -0.15) is 0 Å². The zero-order valence-electron chi connectivity index (χ0n) is 18.3. The summed E-state index contributed by atoms with van der Waals surface area (Å²) in [5.41, 5.74) is 1.82. The molecule has 0 aliphatic rings. The SMILES string of the molecule is COc1cc(/C=C/c2c(/C=C/[N+](=O)[O-])cc(OC)c(OC)c2OC)cc(OC)c1OC. The molecule has 0 aliphatic carbocycles. The fraction of sp³-hybridized carbons (Fsp3) is 0.273. The van der Waals surface area contributed by atoms with Crippen LogP contribution < -0.4 is 28.4 Å². The molecule has 0 aromatic heterocycles. The van der Waals surface area contributed by atoms with E-state index in [1.807, 2.05) is 0 Å². The van der Waals surface area contributed by atoms with Crippen LogP contribution in [0.3, 0.4) is 0 Å². The van der Waals surface area contributed by atoms with E-state index in [1.165, 1.54) is 48.7 Å². The van der Waals surface area contributed by atoms with E-state index in [4.69, 9.17) is 28.4 Å². The molecular weight excluding hydrogens is 406 g/mol. The van der Waals surface area contributed by atoms with Crippen molar-refractivity contribution in [3.05, 3.63) is 51.2 Å². The molecule has 31 heavy (non-hydrogen) atoms. The molecule has 9 heteroatoms. The predicted octanol–water partition coefficient (Wildman–Crippen LogP) is 4.16. The van der Waals surface area contributed by atoms with Crippen molar-refractivity contribution in [2.75, 3.05) is 42.7 Å². The van der Waals surface area contributed by atoms with Gasteiger partial charge in [0.05, 0.1) is 47.6 Å². The molecule has 2 aromatic carbocycles. The van der Waals surface area contributed by atoms with Crippen LogP contribution >= 0.6 is 0 Å². The Hall–Kier alpha value is -3.88. The van der Waals surface area contributed by atoms with Crippen LogP contribution in [0.4, 0.5) is 0 Å². The average molecular weight is 431 g/mol. The van der Waals surface area contributed by atoms with Gasteiger partial charge in [-0.1, -0.05) is 6.08 Å². The van der Waals surface area contributed by atoms with Gasteiger partial charge in [0.25, 0.3) is 0 Å². The summed E-state index contributed by atoms with van der Waals surface area (Å²) in [6.45, 7) is 0. The van der Waals surface area contributed by atoms with E-state index in [9.17, 15) is 10.1 Å². The minimum Gasteiger partial charge on any atom is -0.493 e. The highest BCUT2D eigenvalue weighted by atomic mass is 16.6. The van der Waals surface area contributed by atoms with Crippen molar-refractivity contribution >= 4 is 18.2 Å². The Bertz CT molecular complexity index is 972. The van der Waals surface area contributed by atoms with Crippen molar-refractivity contribution in [3.63, 3.8) is 0 Å². The van der Waals surface area contributed by atoms with Gasteiger partial charge in [-0.05, 0) is 35.4 Å². The van der Waals surface area contributed by atoms with Crippen molar-refractivity contribution in [2.24, 2.45) is 0 Å². The third-order valence-electron chi connectivity index (χ3n) is 4.41. The van der Waals surface area contributed by atoms with Crippen LogP contribution in [0.15, 0.2) is 24.4 Å². The fourth-order valence-electron chi connectivity index (χ4n) is 3.03. The van der Waals surface area contributed by atoms with E-state index < -0.39 is 4.92 Å². The fourth-order valence-corrected chi connectivity index (χ4v) is 3.03. The van der Waals surface area contributed by atoms with E-state index in [1.54, 1.807) is 30.4 Å². The van der Waals surface area contributed by atoms with Crippen LogP contribution in [0.1, 0.15) is 16.7 Å². The van der Waals surface area contributed by atoms with Crippen LogP contribution in [0.25, 0.3) is 18.2 Å². The van der Waals surface area contributed by atoms with E-state index >= 15 is 0 Å². The number of benzene rings is 2. The first-order valence-electron chi connectivity index (χ1n) is 9.06. The summed E-state index contributed by atoms with van der Waals surface area (Å²) >= 11 is 0. The molecule has 0 atom stereocenters. The lowest BCUT2D eigenvalue weighted by Gasteiger charge is -2.16. The minimum absolute atomic E-state index is 0.368. The second kappa shape index (κ2) is 10.8. The van der Waals surface area contributed by atoms with Gasteiger partial charge in [-0.3, -0.25) is 10.1 Å². The highest BCUT2D eigenvalue weighted by molar-refractivity contribution is 5.82. The van der Waals surface area contributed by atoms with Crippen LogP contribution in [0.5, 0.6) is 34.5 Å². The Labute approximate surface area is 180 Å². The molecule has 0 saturated heterocycles. The number of nitrogens with zero attached hydrogens (tertiary/aromatic N) is 1. The Kier molecular flexibility index (Phi) is 8.13. The quantitative estimate of drug-likeness (QED) is 0.314. The number of ether oxygens (including phenoxy) is 6. The van der Waals surface area contributed by atoms with E-state index in [0.717, 1.165) is 11.8 Å². The van der Waals surface area contributed by atoms with Crippen molar-refractivity contribution in [3.8, 4) is 34.5 Å². The Morgan fingerprint density at radius 1 is 0.677 bits per heavy atom. The van der Waals surface area contributed by atoms with Crippen molar-refractivity contribution in [2.45, 2.75) is 0 Å². The Morgan fingerprint density at radius 3 is 1.65 bits per heavy atom. The van der Waals surface area contributed by atoms with Crippen molar-refractivity contribution < 1.29 is 33.3 Å². The molecule has 9 nitrogen and oxygen atoms in total. The number of rotatable bonds is 10. The van der Waals surface area contributed by atoms with E-state index in [-0.39, 0.29) is 0 Å². The predicted molar refractivity (Wildman–Crippen MR) is 117 cm³/mol. The number of hydrogen-bond donors (Lipinski definition) is 0. The van der Waals surface area contributed by atoms with Gasteiger partial charge in [-0.25, -0.2) is 0 Å². The molecule has 0 saturated carbocycles. The normalized spacial score (nSPS) is 10.9. The van der Waals surface area contributed by atoms with Gasteiger partial charge in [0.15, 0.2) is 23.0 Å². The monoisotopic (exact) mass is 431 g/mol. The second-order valence-corrected chi connectivity index (χ2v) is 6.04. The molecule has 0 fully saturated rings. The highest BCUT2D eigenvalue weighted by Gasteiger charge is 2.19. The van der Waals surface area contributed by atoms with Crippen LogP contribution in [-0.2, 0) is 0 Å². The summed E-state index contributed by atoms with van der Waals surface area (Å²) < 4.78 is 32.4. The first kappa shape index (κ1) is 23.4. The van der Waals surface area contributed by atoms with Gasteiger partial charge in [-0.15, -0.1) is 0 Å². The van der Waals surface area contributed by atoms with Crippen molar-refractivity contribution in [1.29, 1.82) is 0 Å². The highest BCUT2D eigenvalue weighted by Crippen LogP contribution is 2.44. The lowest BCUT2D eigenvalue weighted by molar-refractivity contribution is -0.400. The molecule has 0 unspecified atom stereocenters. The summed E-state index contributed by atoms with van der Waals surface area (Å²) in [6, 6.07) is 5.19. The van der Waals surface area contributed by atoms with E-state index in [2.05, 4.69) is 0 Å². The van der Waals surface area contributed by atoms with Crippen LogP contribution in [0.2, 0.25) is 0 Å².